The molecule has 96 valence electrons. The predicted octanol–water partition coefficient (Wildman–Crippen LogP) is 1.77. The zero-order valence-electron chi connectivity index (χ0n) is 11.3. The maximum Gasteiger partial charge on any atom is 0.222 e. The maximum absolute atomic E-state index is 11.2. The van der Waals surface area contributed by atoms with Crippen LogP contribution in [0, 0.1) is 0 Å². The Kier molecular flexibility index (Phi) is 4.54. The third kappa shape index (κ3) is 2.99. The highest BCUT2D eigenvalue weighted by Crippen LogP contribution is 2.14. The molecule has 1 aromatic heterocycles. The number of imidazole rings is 1. The number of rotatable bonds is 5. The molecule has 0 unspecified atom stereocenters. The van der Waals surface area contributed by atoms with Gasteiger partial charge in [0.2, 0.25) is 5.91 Å². The summed E-state index contributed by atoms with van der Waals surface area (Å²) in [5.41, 5.74) is 0. The molecule has 1 heterocycles. The first-order valence-electron chi connectivity index (χ1n) is 6.12. The number of aryl methyl sites for hydroxylation is 1. The molecule has 0 atom stereocenters. The van der Waals surface area contributed by atoms with Gasteiger partial charge in [-0.3, -0.25) is 4.79 Å². The van der Waals surface area contributed by atoms with Gasteiger partial charge >= 0.3 is 0 Å². The summed E-state index contributed by atoms with van der Waals surface area (Å²) in [6.07, 6.45) is 2.55. The number of nitrogens with one attached hydrogen (secondary N) is 1. The van der Waals surface area contributed by atoms with Gasteiger partial charge in [0, 0.05) is 25.9 Å². The van der Waals surface area contributed by atoms with Gasteiger partial charge in [-0.2, -0.15) is 0 Å². The number of amides is 1. The number of anilines is 1. The quantitative estimate of drug-likeness (QED) is 0.850. The van der Waals surface area contributed by atoms with Gasteiger partial charge in [0.25, 0.3) is 0 Å². The Morgan fingerprint density at radius 3 is 2.59 bits per heavy atom. The van der Waals surface area contributed by atoms with Gasteiger partial charge in [-0.1, -0.05) is 6.92 Å². The predicted molar refractivity (Wildman–Crippen MR) is 69.8 cm³/mol. The Balaban J connectivity index is 3.15. The maximum atomic E-state index is 11.2. The summed E-state index contributed by atoms with van der Waals surface area (Å²) in [5.74, 6) is 1.63. The molecule has 0 saturated carbocycles. The smallest absolute Gasteiger partial charge is 0.222 e. The van der Waals surface area contributed by atoms with Crippen LogP contribution in [0.25, 0.3) is 0 Å². The topological polar surface area (TPSA) is 50.2 Å². The molecule has 0 fully saturated rings. The van der Waals surface area contributed by atoms with E-state index in [1.807, 2.05) is 4.68 Å². The van der Waals surface area contributed by atoms with E-state index in [1.54, 1.807) is 6.20 Å². The van der Waals surface area contributed by atoms with E-state index in [4.69, 9.17) is 0 Å². The van der Waals surface area contributed by atoms with Crippen molar-refractivity contribution in [1.82, 2.24) is 9.66 Å². The summed E-state index contributed by atoms with van der Waals surface area (Å²) in [4.78, 5) is 15.5. The molecule has 0 aliphatic rings. The molecule has 0 aliphatic carbocycles. The summed E-state index contributed by atoms with van der Waals surface area (Å²) in [7, 11) is 0. The number of nitrogens with zero attached hydrogens (tertiary/aromatic N) is 3. The number of hydrogen-bond donors (Lipinski definition) is 1. The molecule has 1 amide bonds. The summed E-state index contributed by atoms with van der Waals surface area (Å²) in [6.45, 7) is 10.8. The second kappa shape index (κ2) is 5.70. The number of carbonyl (C=O) groups excluding carboxylic acids is 1. The third-order valence-electron chi connectivity index (χ3n) is 2.61. The van der Waals surface area contributed by atoms with Crippen molar-refractivity contribution in [3.05, 3.63) is 12.0 Å². The van der Waals surface area contributed by atoms with E-state index in [9.17, 15) is 4.79 Å². The molecule has 0 spiro atoms. The fourth-order valence-electron chi connectivity index (χ4n) is 1.91. The zero-order valence-corrected chi connectivity index (χ0v) is 11.3. The molecule has 1 aromatic rings. The van der Waals surface area contributed by atoms with Crippen molar-refractivity contribution in [3.63, 3.8) is 0 Å². The molecular weight excluding hydrogens is 216 g/mol. The molecule has 5 nitrogen and oxygen atoms in total. The van der Waals surface area contributed by atoms with Gasteiger partial charge in [0.1, 0.15) is 5.82 Å². The molecule has 0 aromatic carbocycles. The van der Waals surface area contributed by atoms with E-state index in [0.717, 1.165) is 24.6 Å². The van der Waals surface area contributed by atoms with Crippen LogP contribution < -0.4 is 10.3 Å². The largest absolute Gasteiger partial charge is 0.310 e. The second-order valence-electron chi connectivity index (χ2n) is 4.26. The Morgan fingerprint density at radius 2 is 2.18 bits per heavy atom. The summed E-state index contributed by atoms with van der Waals surface area (Å²) >= 11 is 0. The van der Waals surface area contributed by atoms with Crippen molar-refractivity contribution in [2.24, 2.45) is 0 Å². The standard InChI is InChI=1S/C12H22N4O/c1-6-11-13-8-12(14-10(5)17)16(11)15(7-2)9(3)4/h8-9H,6-7H2,1-5H3,(H,14,17). The Morgan fingerprint density at radius 1 is 1.53 bits per heavy atom. The van der Waals surface area contributed by atoms with Crippen LogP contribution in [0.5, 0.6) is 0 Å². The first-order chi connectivity index (χ1) is 8.01. The van der Waals surface area contributed by atoms with Gasteiger partial charge in [-0.25, -0.2) is 9.66 Å². The average molecular weight is 238 g/mol. The summed E-state index contributed by atoms with van der Waals surface area (Å²) in [6, 6.07) is 0.354. The van der Waals surface area contributed by atoms with Gasteiger partial charge in [-0.15, -0.1) is 0 Å². The van der Waals surface area contributed by atoms with Crippen LogP contribution >= 0.6 is 0 Å². The molecule has 0 radical (unpaired) electrons. The van der Waals surface area contributed by atoms with Crippen LogP contribution in [0.1, 0.15) is 40.4 Å². The van der Waals surface area contributed by atoms with E-state index in [0.29, 0.717) is 6.04 Å². The summed E-state index contributed by atoms with van der Waals surface area (Å²) in [5, 5.41) is 5.00. The fourth-order valence-corrected chi connectivity index (χ4v) is 1.91. The van der Waals surface area contributed by atoms with Crippen LogP contribution in [-0.2, 0) is 11.2 Å². The Bertz CT molecular complexity index is 384. The minimum absolute atomic E-state index is 0.0754. The first kappa shape index (κ1) is 13.5. The highest BCUT2D eigenvalue weighted by Gasteiger charge is 2.16. The molecular formula is C12H22N4O. The fraction of sp³-hybridized carbons (Fsp3) is 0.667. The normalized spacial score (nSPS) is 10.7. The third-order valence-corrected chi connectivity index (χ3v) is 2.61. The van der Waals surface area contributed by atoms with E-state index in [-0.39, 0.29) is 5.91 Å². The minimum Gasteiger partial charge on any atom is -0.310 e. The van der Waals surface area contributed by atoms with E-state index < -0.39 is 0 Å². The molecule has 1 N–H and O–H groups in total. The number of aromatic nitrogens is 2. The highest BCUT2D eigenvalue weighted by atomic mass is 16.1. The molecule has 0 bridgehead atoms. The van der Waals surface area contributed by atoms with Crippen LogP contribution in [0.2, 0.25) is 0 Å². The van der Waals surface area contributed by atoms with E-state index in [2.05, 4.69) is 43.0 Å². The van der Waals surface area contributed by atoms with E-state index >= 15 is 0 Å². The van der Waals surface area contributed by atoms with Crippen LogP contribution in [0.15, 0.2) is 6.20 Å². The van der Waals surface area contributed by atoms with Crippen molar-refractivity contribution in [3.8, 4) is 0 Å². The Labute approximate surface area is 103 Å². The van der Waals surface area contributed by atoms with Crippen molar-refractivity contribution in [2.45, 2.75) is 47.1 Å². The van der Waals surface area contributed by atoms with Crippen molar-refractivity contribution in [1.29, 1.82) is 0 Å². The van der Waals surface area contributed by atoms with Crippen molar-refractivity contribution in [2.75, 3.05) is 16.9 Å². The van der Waals surface area contributed by atoms with Crippen LogP contribution in [-0.4, -0.2) is 28.2 Å². The zero-order chi connectivity index (χ0) is 13.0. The highest BCUT2D eigenvalue weighted by molar-refractivity contribution is 5.87. The minimum atomic E-state index is -0.0754. The molecule has 0 aliphatic heterocycles. The lowest BCUT2D eigenvalue weighted by Gasteiger charge is -2.31. The number of hydrogen-bond acceptors (Lipinski definition) is 3. The molecule has 17 heavy (non-hydrogen) atoms. The van der Waals surface area contributed by atoms with Crippen LogP contribution in [0.3, 0.4) is 0 Å². The lowest BCUT2D eigenvalue weighted by molar-refractivity contribution is -0.114. The average Bonchev–Trinajstić information content (AvgIpc) is 2.61. The Hall–Kier alpha value is -1.52. The van der Waals surface area contributed by atoms with Crippen LogP contribution in [0.4, 0.5) is 5.82 Å². The SMILES string of the molecule is CCc1ncc(NC(C)=O)n1N(CC)C(C)C. The lowest BCUT2D eigenvalue weighted by atomic mass is 10.3. The van der Waals surface area contributed by atoms with Gasteiger partial charge in [0.15, 0.2) is 5.82 Å². The molecule has 0 saturated heterocycles. The monoisotopic (exact) mass is 238 g/mol. The second-order valence-corrected chi connectivity index (χ2v) is 4.26. The van der Waals surface area contributed by atoms with E-state index in [1.165, 1.54) is 6.92 Å². The van der Waals surface area contributed by atoms with Crippen molar-refractivity contribution < 1.29 is 4.79 Å². The molecule has 1 rings (SSSR count). The number of carbonyl (C=O) groups is 1. The van der Waals surface area contributed by atoms with Gasteiger partial charge in [0.05, 0.1) is 6.20 Å². The van der Waals surface area contributed by atoms with Gasteiger partial charge in [-0.05, 0) is 20.8 Å². The lowest BCUT2D eigenvalue weighted by Crippen LogP contribution is -2.42. The van der Waals surface area contributed by atoms with Crippen molar-refractivity contribution >= 4 is 11.7 Å². The first-order valence-corrected chi connectivity index (χ1v) is 6.12. The van der Waals surface area contributed by atoms with Gasteiger partial charge < -0.3 is 10.3 Å². The summed E-state index contributed by atoms with van der Waals surface area (Å²) < 4.78 is 2.01. The molecule has 5 heteroatoms.